The Morgan fingerprint density at radius 3 is 2.72 bits per heavy atom. The van der Waals surface area contributed by atoms with E-state index in [-0.39, 0.29) is 11.8 Å². The number of carbonyl (C=O) groups excluding carboxylic acids is 2. The highest BCUT2D eigenvalue weighted by molar-refractivity contribution is 6.35. The number of nitrogens with one attached hydrogen (secondary N) is 1. The lowest BCUT2D eigenvalue weighted by Crippen LogP contribution is -2.47. The van der Waals surface area contributed by atoms with Gasteiger partial charge in [0.25, 0.3) is 0 Å². The number of nitrogens with zero attached hydrogens (tertiary/aromatic N) is 3. The van der Waals surface area contributed by atoms with Crippen molar-refractivity contribution in [2.24, 2.45) is 7.05 Å². The number of carbonyl (C=O) groups is 2. The summed E-state index contributed by atoms with van der Waals surface area (Å²) < 4.78 is 31.4. The molecule has 3 rings (SSSR count). The molecule has 156 valence electrons. The molecule has 1 aliphatic rings. The van der Waals surface area contributed by atoms with Crippen molar-refractivity contribution in [1.82, 2.24) is 20.0 Å². The number of halogens is 2. The zero-order valence-corrected chi connectivity index (χ0v) is 16.3. The Labute approximate surface area is 167 Å². The van der Waals surface area contributed by atoms with Gasteiger partial charge in [-0.2, -0.15) is 13.9 Å². The molecule has 2 aromatic rings. The number of aryl methyl sites for hydroxylation is 1. The highest BCUT2D eigenvalue weighted by atomic mass is 19.3. The molecule has 1 aliphatic heterocycles. The van der Waals surface area contributed by atoms with Gasteiger partial charge in [0.05, 0.1) is 18.3 Å². The van der Waals surface area contributed by atoms with Gasteiger partial charge in [0.2, 0.25) is 0 Å². The largest absolute Gasteiger partial charge is 0.434 e. The Balaban J connectivity index is 1.72. The molecule has 0 saturated carbocycles. The van der Waals surface area contributed by atoms with Crippen LogP contribution in [0, 0.1) is 0 Å². The zero-order chi connectivity index (χ0) is 21.0. The molecule has 1 aromatic heterocycles. The molecule has 0 spiro atoms. The van der Waals surface area contributed by atoms with Gasteiger partial charge in [0, 0.05) is 30.9 Å². The molecule has 1 aromatic carbocycles. The van der Waals surface area contributed by atoms with Crippen LogP contribution in [0.5, 0.6) is 5.75 Å². The molecule has 1 fully saturated rings. The fraction of sp³-hybridized carbons (Fsp3) is 0.450. The third-order valence-electron chi connectivity index (χ3n) is 5.02. The van der Waals surface area contributed by atoms with E-state index in [1.165, 1.54) is 6.07 Å². The second kappa shape index (κ2) is 9.02. The Hall–Kier alpha value is -2.97. The summed E-state index contributed by atoms with van der Waals surface area (Å²) in [6.45, 7) is -0.881. The SMILES string of the molecule is CC(NC(=O)C(=O)N1CCCCC1c1cnn(C)c1)c1ccccc1OC(F)F. The number of ether oxygens (including phenoxy) is 1. The second-order valence-electron chi connectivity index (χ2n) is 7.07. The van der Waals surface area contributed by atoms with Crippen molar-refractivity contribution in [2.45, 2.75) is 44.9 Å². The van der Waals surface area contributed by atoms with Crippen molar-refractivity contribution < 1.29 is 23.1 Å². The molecule has 0 radical (unpaired) electrons. The Bertz CT molecular complexity index is 871. The fourth-order valence-electron chi connectivity index (χ4n) is 3.64. The van der Waals surface area contributed by atoms with Crippen molar-refractivity contribution in [2.75, 3.05) is 6.54 Å². The molecule has 7 nitrogen and oxygen atoms in total. The molecule has 9 heteroatoms. The summed E-state index contributed by atoms with van der Waals surface area (Å²) >= 11 is 0. The van der Waals surface area contributed by atoms with Crippen LogP contribution >= 0.6 is 0 Å². The Morgan fingerprint density at radius 1 is 1.28 bits per heavy atom. The van der Waals surface area contributed by atoms with E-state index < -0.39 is 24.5 Å². The zero-order valence-electron chi connectivity index (χ0n) is 16.3. The lowest BCUT2D eigenvalue weighted by Gasteiger charge is -2.35. The molecule has 2 unspecified atom stereocenters. The number of para-hydroxylation sites is 1. The average molecular weight is 406 g/mol. The van der Waals surface area contributed by atoms with E-state index in [4.69, 9.17) is 0 Å². The highest BCUT2D eigenvalue weighted by Crippen LogP contribution is 2.31. The smallest absolute Gasteiger partial charge is 0.387 e. The average Bonchev–Trinajstić information content (AvgIpc) is 3.13. The number of alkyl halides is 2. The van der Waals surface area contributed by atoms with Crippen LogP contribution in [0.15, 0.2) is 36.7 Å². The fourth-order valence-corrected chi connectivity index (χ4v) is 3.64. The van der Waals surface area contributed by atoms with Crippen LogP contribution in [-0.2, 0) is 16.6 Å². The van der Waals surface area contributed by atoms with Gasteiger partial charge < -0.3 is 15.0 Å². The first-order valence-electron chi connectivity index (χ1n) is 9.50. The first-order chi connectivity index (χ1) is 13.9. The standard InChI is InChI=1S/C20H24F2N4O3/c1-13(15-7-3-4-9-17(15)29-20(21)22)24-18(27)19(28)26-10-6-5-8-16(26)14-11-23-25(2)12-14/h3-4,7,9,11-13,16,20H,5-6,8,10H2,1-2H3,(H,24,27). The Kier molecular flexibility index (Phi) is 6.46. The molecule has 0 aliphatic carbocycles. The van der Waals surface area contributed by atoms with Crippen LogP contribution in [0.25, 0.3) is 0 Å². The molecular formula is C20H24F2N4O3. The number of benzene rings is 1. The topological polar surface area (TPSA) is 76.5 Å². The molecule has 2 amide bonds. The molecule has 2 heterocycles. The number of likely N-dealkylation sites (tertiary alicyclic amines) is 1. The van der Waals surface area contributed by atoms with Crippen molar-refractivity contribution in [3.05, 3.63) is 47.8 Å². The summed E-state index contributed by atoms with van der Waals surface area (Å²) in [6.07, 6.45) is 6.07. The number of hydrogen-bond acceptors (Lipinski definition) is 4. The summed E-state index contributed by atoms with van der Waals surface area (Å²) in [5, 5.41) is 6.76. The molecule has 2 atom stereocenters. The number of aromatic nitrogens is 2. The predicted molar refractivity (Wildman–Crippen MR) is 101 cm³/mol. The second-order valence-corrected chi connectivity index (χ2v) is 7.07. The third kappa shape index (κ3) is 4.90. The van der Waals surface area contributed by atoms with E-state index in [0.29, 0.717) is 12.1 Å². The summed E-state index contributed by atoms with van der Waals surface area (Å²) in [7, 11) is 1.80. The van der Waals surface area contributed by atoms with Crippen molar-refractivity contribution >= 4 is 11.8 Å². The lowest BCUT2D eigenvalue weighted by molar-refractivity contribution is -0.148. The molecule has 1 N–H and O–H groups in total. The van der Waals surface area contributed by atoms with E-state index in [2.05, 4.69) is 15.2 Å². The maximum Gasteiger partial charge on any atom is 0.387 e. The first kappa shape index (κ1) is 20.8. The normalized spacial score (nSPS) is 17.8. The van der Waals surface area contributed by atoms with E-state index in [1.807, 2.05) is 6.20 Å². The molecule has 1 saturated heterocycles. The van der Waals surface area contributed by atoms with Gasteiger partial charge in [-0.1, -0.05) is 18.2 Å². The third-order valence-corrected chi connectivity index (χ3v) is 5.02. The summed E-state index contributed by atoms with van der Waals surface area (Å²) in [5.74, 6) is -1.45. The van der Waals surface area contributed by atoms with Crippen molar-refractivity contribution in [3.8, 4) is 5.75 Å². The van der Waals surface area contributed by atoms with Gasteiger partial charge in [-0.05, 0) is 32.3 Å². The van der Waals surface area contributed by atoms with Crippen LogP contribution in [0.2, 0.25) is 0 Å². The van der Waals surface area contributed by atoms with Crippen LogP contribution in [0.1, 0.15) is 49.4 Å². The molecule has 29 heavy (non-hydrogen) atoms. The summed E-state index contributed by atoms with van der Waals surface area (Å²) in [5.41, 5.74) is 1.26. The van der Waals surface area contributed by atoms with E-state index in [9.17, 15) is 18.4 Å². The number of amides is 2. The van der Waals surface area contributed by atoms with E-state index >= 15 is 0 Å². The monoisotopic (exact) mass is 406 g/mol. The minimum atomic E-state index is -2.98. The summed E-state index contributed by atoms with van der Waals surface area (Å²) in [6, 6.07) is 5.30. The van der Waals surface area contributed by atoms with Crippen LogP contribution in [0.4, 0.5) is 8.78 Å². The van der Waals surface area contributed by atoms with Crippen molar-refractivity contribution in [1.29, 1.82) is 0 Å². The number of rotatable bonds is 5. The lowest BCUT2D eigenvalue weighted by atomic mass is 9.97. The van der Waals surface area contributed by atoms with Gasteiger partial charge in [-0.25, -0.2) is 0 Å². The number of hydrogen-bond donors (Lipinski definition) is 1. The minimum Gasteiger partial charge on any atom is -0.434 e. The van der Waals surface area contributed by atoms with Gasteiger partial charge in [0.1, 0.15) is 5.75 Å². The van der Waals surface area contributed by atoms with Gasteiger partial charge in [0.15, 0.2) is 0 Å². The highest BCUT2D eigenvalue weighted by Gasteiger charge is 2.33. The quantitative estimate of drug-likeness (QED) is 0.775. The van der Waals surface area contributed by atoms with Crippen LogP contribution < -0.4 is 10.1 Å². The predicted octanol–water partition coefficient (Wildman–Crippen LogP) is 2.95. The molecular weight excluding hydrogens is 382 g/mol. The van der Waals surface area contributed by atoms with Crippen LogP contribution in [-0.4, -0.2) is 39.7 Å². The van der Waals surface area contributed by atoms with E-state index in [1.54, 1.807) is 47.9 Å². The maximum absolute atomic E-state index is 12.9. The van der Waals surface area contributed by atoms with E-state index in [0.717, 1.165) is 24.8 Å². The van der Waals surface area contributed by atoms with Crippen molar-refractivity contribution in [3.63, 3.8) is 0 Å². The Morgan fingerprint density at radius 2 is 2.03 bits per heavy atom. The maximum atomic E-state index is 12.9. The van der Waals surface area contributed by atoms with Gasteiger partial charge in [-0.15, -0.1) is 0 Å². The van der Waals surface area contributed by atoms with Crippen LogP contribution in [0.3, 0.4) is 0 Å². The number of piperidine rings is 1. The van der Waals surface area contributed by atoms with Gasteiger partial charge >= 0.3 is 18.4 Å². The molecule has 0 bridgehead atoms. The van der Waals surface area contributed by atoms with Gasteiger partial charge in [-0.3, -0.25) is 14.3 Å². The minimum absolute atomic E-state index is 0.0334. The first-order valence-corrected chi connectivity index (χ1v) is 9.50. The summed E-state index contributed by atoms with van der Waals surface area (Å²) in [4.78, 5) is 27.0.